The lowest BCUT2D eigenvalue weighted by atomic mass is 10.4. The van der Waals surface area contributed by atoms with Gasteiger partial charge in [-0.1, -0.05) is 0 Å². The number of anilines is 1. The van der Waals surface area contributed by atoms with Crippen molar-refractivity contribution < 1.29 is 14.3 Å². The number of carbonyl (C=O) groups is 2. The van der Waals surface area contributed by atoms with E-state index in [1.807, 2.05) is 0 Å². The zero-order chi connectivity index (χ0) is 10.6. The number of aryl methyl sites for hydroxylation is 1. The summed E-state index contributed by atoms with van der Waals surface area (Å²) in [5.74, 6) is -1.42. The highest BCUT2D eigenvalue weighted by Gasteiger charge is 2.15. The Hall–Kier alpha value is -1.85. The summed E-state index contributed by atoms with van der Waals surface area (Å²) in [6.45, 7) is 3.59. The van der Waals surface area contributed by atoms with Crippen LogP contribution in [0.5, 0.6) is 0 Å². The molecular formula is C8H11N3O3. The van der Waals surface area contributed by atoms with E-state index in [1.165, 1.54) is 0 Å². The standard InChI is InChI=1S/C8H11N3O3/c1-3-14-8(13)7(12)9-6-4-5(2)10-11-6/h4H,3H2,1-2H3,(H2,9,10,11,12). The van der Waals surface area contributed by atoms with Gasteiger partial charge in [0.2, 0.25) is 0 Å². The van der Waals surface area contributed by atoms with Crippen molar-refractivity contribution in [1.29, 1.82) is 0 Å². The number of amides is 1. The van der Waals surface area contributed by atoms with Crippen molar-refractivity contribution in [1.82, 2.24) is 10.2 Å². The Bertz CT molecular complexity index is 345. The number of aromatic nitrogens is 2. The van der Waals surface area contributed by atoms with Crippen molar-refractivity contribution in [3.8, 4) is 0 Å². The van der Waals surface area contributed by atoms with Crippen molar-refractivity contribution in [2.75, 3.05) is 11.9 Å². The second-order valence-corrected chi connectivity index (χ2v) is 2.61. The molecule has 1 aromatic rings. The summed E-state index contributed by atoms with van der Waals surface area (Å²) in [7, 11) is 0. The number of hydrogen-bond acceptors (Lipinski definition) is 4. The molecule has 1 aromatic heterocycles. The van der Waals surface area contributed by atoms with E-state index in [0.29, 0.717) is 5.82 Å². The van der Waals surface area contributed by atoms with E-state index in [0.717, 1.165) is 5.69 Å². The van der Waals surface area contributed by atoms with Crippen molar-refractivity contribution in [3.05, 3.63) is 11.8 Å². The molecule has 1 amide bonds. The SMILES string of the molecule is CCOC(=O)C(=O)Nc1cc(C)[nH]n1. The molecule has 0 aliphatic heterocycles. The summed E-state index contributed by atoms with van der Waals surface area (Å²) < 4.78 is 4.49. The normalized spacial score (nSPS) is 9.57. The Morgan fingerprint density at radius 1 is 1.64 bits per heavy atom. The van der Waals surface area contributed by atoms with Crippen molar-refractivity contribution >= 4 is 17.7 Å². The van der Waals surface area contributed by atoms with Crippen LogP contribution in [0.4, 0.5) is 5.82 Å². The van der Waals surface area contributed by atoms with Crippen molar-refractivity contribution in [2.45, 2.75) is 13.8 Å². The van der Waals surface area contributed by atoms with Gasteiger partial charge in [-0.2, -0.15) is 5.10 Å². The highest BCUT2D eigenvalue weighted by Crippen LogP contribution is 2.03. The van der Waals surface area contributed by atoms with E-state index in [-0.39, 0.29) is 6.61 Å². The second-order valence-electron chi connectivity index (χ2n) is 2.61. The number of carbonyl (C=O) groups excluding carboxylic acids is 2. The van der Waals surface area contributed by atoms with Gasteiger partial charge in [-0.05, 0) is 13.8 Å². The monoisotopic (exact) mass is 197 g/mol. The predicted octanol–water partition coefficient (Wildman–Crippen LogP) is 0.220. The fraction of sp³-hybridized carbons (Fsp3) is 0.375. The lowest BCUT2D eigenvalue weighted by molar-refractivity contribution is -0.152. The first-order valence-electron chi connectivity index (χ1n) is 4.13. The van der Waals surface area contributed by atoms with Crippen LogP contribution in [0.3, 0.4) is 0 Å². The molecule has 76 valence electrons. The van der Waals surface area contributed by atoms with Crippen molar-refractivity contribution in [3.63, 3.8) is 0 Å². The molecule has 0 bridgehead atoms. The Morgan fingerprint density at radius 2 is 2.36 bits per heavy atom. The van der Waals surface area contributed by atoms with Gasteiger partial charge in [-0.3, -0.25) is 15.2 Å². The Kier molecular flexibility index (Phi) is 3.22. The Labute approximate surface area is 80.6 Å². The van der Waals surface area contributed by atoms with Crippen LogP contribution in [-0.2, 0) is 14.3 Å². The molecule has 1 heterocycles. The summed E-state index contributed by atoms with van der Waals surface area (Å²) in [5.41, 5.74) is 0.796. The lowest BCUT2D eigenvalue weighted by Crippen LogP contribution is -2.25. The van der Waals surface area contributed by atoms with Crippen molar-refractivity contribution in [2.24, 2.45) is 0 Å². The predicted molar refractivity (Wildman–Crippen MR) is 48.6 cm³/mol. The minimum absolute atomic E-state index is 0.172. The number of hydrogen-bond donors (Lipinski definition) is 2. The molecule has 0 atom stereocenters. The van der Waals surface area contributed by atoms with Crippen LogP contribution >= 0.6 is 0 Å². The third kappa shape index (κ3) is 2.58. The van der Waals surface area contributed by atoms with Gasteiger partial charge in [0.05, 0.1) is 6.61 Å². The zero-order valence-corrected chi connectivity index (χ0v) is 7.96. The van der Waals surface area contributed by atoms with E-state index >= 15 is 0 Å². The molecule has 6 nitrogen and oxygen atoms in total. The summed E-state index contributed by atoms with van der Waals surface area (Å²) in [5, 5.41) is 8.65. The summed E-state index contributed by atoms with van der Waals surface area (Å²) in [6, 6.07) is 1.61. The van der Waals surface area contributed by atoms with Gasteiger partial charge in [0.15, 0.2) is 5.82 Å². The van der Waals surface area contributed by atoms with Crippen LogP contribution in [0.2, 0.25) is 0 Å². The maximum Gasteiger partial charge on any atom is 0.397 e. The molecule has 0 aliphatic carbocycles. The first kappa shape index (κ1) is 10.2. The molecule has 0 saturated carbocycles. The van der Waals surface area contributed by atoms with Crippen LogP contribution in [0, 0.1) is 6.92 Å². The van der Waals surface area contributed by atoms with Crippen LogP contribution in [0.25, 0.3) is 0 Å². The average Bonchev–Trinajstić information content (AvgIpc) is 2.51. The number of ether oxygens (including phenoxy) is 1. The molecule has 0 saturated heterocycles. The Morgan fingerprint density at radius 3 is 2.86 bits per heavy atom. The van der Waals surface area contributed by atoms with Gasteiger partial charge in [-0.15, -0.1) is 0 Å². The summed E-state index contributed by atoms with van der Waals surface area (Å²) >= 11 is 0. The number of H-pyrrole nitrogens is 1. The highest BCUT2D eigenvalue weighted by atomic mass is 16.5. The topological polar surface area (TPSA) is 84.1 Å². The highest BCUT2D eigenvalue weighted by molar-refractivity contribution is 6.37. The molecule has 0 aliphatic rings. The van der Waals surface area contributed by atoms with Gasteiger partial charge in [0, 0.05) is 11.8 Å². The molecular weight excluding hydrogens is 186 g/mol. The van der Waals surface area contributed by atoms with E-state index in [4.69, 9.17) is 0 Å². The summed E-state index contributed by atoms with van der Waals surface area (Å²) in [6.07, 6.45) is 0. The molecule has 2 N–H and O–H groups in total. The average molecular weight is 197 g/mol. The number of nitrogens with one attached hydrogen (secondary N) is 2. The molecule has 0 unspecified atom stereocenters. The fourth-order valence-corrected chi connectivity index (χ4v) is 0.846. The molecule has 14 heavy (non-hydrogen) atoms. The third-order valence-electron chi connectivity index (χ3n) is 1.41. The molecule has 1 rings (SSSR count). The smallest absolute Gasteiger partial charge is 0.397 e. The minimum atomic E-state index is -0.909. The number of rotatable bonds is 2. The van der Waals surface area contributed by atoms with E-state index in [1.54, 1.807) is 19.9 Å². The van der Waals surface area contributed by atoms with Gasteiger partial charge < -0.3 is 4.74 Å². The number of aromatic amines is 1. The van der Waals surface area contributed by atoms with Crippen LogP contribution in [0.1, 0.15) is 12.6 Å². The molecule has 0 spiro atoms. The first-order valence-corrected chi connectivity index (χ1v) is 4.13. The van der Waals surface area contributed by atoms with Gasteiger partial charge in [0.25, 0.3) is 0 Å². The number of esters is 1. The largest absolute Gasteiger partial charge is 0.459 e. The first-order chi connectivity index (χ1) is 6.63. The van der Waals surface area contributed by atoms with Gasteiger partial charge in [0.1, 0.15) is 0 Å². The lowest BCUT2D eigenvalue weighted by Gasteiger charge is -2.00. The molecule has 0 radical (unpaired) electrons. The Balaban J connectivity index is 2.53. The van der Waals surface area contributed by atoms with E-state index < -0.39 is 11.9 Å². The quantitative estimate of drug-likeness (QED) is 0.524. The maximum atomic E-state index is 11.1. The van der Waals surface area contributed by atoms with Gasteiger partial charge >= 0.3 is 11.9 Å². The van der Waals surface area contributed by atoms with Crippen LogP contribution < -0.4 is 5.32 Å². The van der Waals surface area contributed by atoms with Gasteiger partial charge in [-0.25, -0.2) is 4.79 Å². The van der Waals surface area contributed by atoms with E-state index in [2.05, 4.69) is 20.3 Å². The second kappa shape index (κ2) is 4.40. The molecule has 0 aromatic carbocycles. The van der Waals surface area contributed by atoms with Crippen LogP contribution in [-0.4, -0.2) is 28.7 Å². The number of nitrogens with zero attached hydrogens (tertiary/aromatic N) is 1. The third-order valence-corrected chi connectivity index (χ3v) is 1.41. The fourth-order valence-electron chi connectivity index (χ4n) is 0.846. The maximum absolute atomic E-state index is 11.1. The van der Waals surface area contributed by atoms with E-state index in [9.17, 15) is 9.59 Å². The minimum Gasteiger partial charge on any atom is -0.459 e. The molecule has 6 heteroatoms. The van der Waals surface area contributed by atoms with Crippen LogP contribution in [0.15, 0.2) is 6.07 Å². The zero-order valence-electron chi connectivity index (χ0n) is 7.96. The summed E-state index contributed by atoms with van der Waals surface area (Å²) in [4.78, 5) is 22.0. The molecule has 0 fully saturated rings.